The number of aliphatic carboxylic acids is 2. The number of nitrogens with zero attached hydrogens (tertiary/aromatic N) is 4. The van der Waals surface area contributed by atoms with Crippen molar-refractivity contribution in [3.05, 3.63) is 84.9 Å². The van der Waals surface area contributed by atoms with Crippen molar-refractivity contribution < 1.29 is 65.2 Å². The lowest BCUT2D eigenvalue weighted by atomic mass is 10.1. The molecule has 6 N–H and O–H groups in total. The molecule has 0 atom stereocenters. The molecule has 0 spiro atoms. The van der Waals surface area contributed by atoms with Gasteiger partial charge in [0, 0.05) is 60.8 Å². The van der Waals surface area contributed by atoms with Gasteiger partial charge in [0.25, 0.3) is 0 Å². The molecule has 0 saturated carbocycles. The molecular weight excluding hydrogens is 883 g/mol. The minimum absolute atomic E-state index is 0.0858. The van der Waals surface area contributed by atoms with Crippen molar-refractivity contribution in [3.8, 4) is 11.5 Å². The van der Waals surface area contributed by atoms with Crippen molar-refractivity contribution in [3.63, 3.8) is 0 Å². The molecule has 0 aliphatic carbocycles. The normalized spacial score (nSPS) is 11.9. The van der Waals surface area contributed by atoms with E-state index in [1.54, 1.807) is 48.5 Å². The van der Waals surface area contributed by atoms with E-state index < -0.39 is 61.1 Å². The van der Waals surface area contributed by atoms with E-state index in [4.69, 9.17) is 0 Å². The van der Waals surface area contributed by atoms with E-state index in [2.05, 4.69) is 40.7 Å². The number of benzene rings is 4. The molecule has 0 aliphatic rings. The summed E-state index contributed by atoms with van der Waals surface area (Å²) in [5.41, 5.74) is 3.11. The third-order valence-electron chi connectivity index (χ3n) is 9.91. The molecule has 2 amide bonds. The Hall–Kier alpha value is -7.20. The molecule has 0 unspecified atom stereocenters. The number of hydrogen-bond acceptors (Lipinski definition) is 12. The van der Waals surface area contributed by atoms with Crippen LogP contribution in [0.25, 0.3) is 43.6 Å². The van der Waals surface area contributed by atoms with Crippen molar-refractivity contribution in [2.75, 3.05) is 76.1 Å². The number of aromatic nitrogens is 2. The lowest BCUT2D eigenvalue weighted by Gasteiger charge is -2.25. The van der Waals surface area contributed by atoms with Gasteiger partial charge < -0.3 is 41.0 Å². The Bertz CT molecular complexity index is 2520. The second-order valence-electron chi connectivity index (χ2n) is 14.9. The molecule has 2 aromatic heterocycles. The van der Waals surface area contributed by atoms with E-state index >= 15 is 0 Å². The monoisotopic (exact) mass is 926 g/mol. The highest BCUT2D eigenvalue weighted by molar-refractivity contribution is 6.09. The summed E-state index contributed by atoms with van der Waals surface area (Å²) in [7, 11) is 0. The zero-order chi connectivity index (χ0) is 47.4. The summed E-state index contributed by atoms with van der Waals surface area (Å²) in [5.74, 6) is -4.37. The molecule has 6 rings (SSSR count). The number of carboxylic acid groups (broad SMARTS) is 2. The van der Waals surface area contributed by atoms with Crippen LogP contribution in [0.4, 0.5) is 37.7 Å². The Labute approximate surface area is 371 Å². The van der Waals surface area contributed by atoms with Crippen molar-refractivity contribution in [2.45, 2.75) is 25.6 Å². The molecular formula is C44H44F6N8O8. The van der Waals surface area contributed by atoms with Crippen LogP contribution in [0, 0.1) is 0 Å². The number of amides is 2. The number of ether oxygens (including phenoxy) is 2. The van der Waals surface area contributed by atoms with E-state index in [0.717, 1.165) is 0 Å². The first-order valence-corrected chi connectivity index (χ1v) is 20.5. The molecule has 0 fully saturated rings. The predicted octanol–water partition coefficient (Wildman–Crippen LogP) is 6.20. The van der Waals surface area contributed by atoms with Gasteiger partial charge in [0.05, 0.1) is 59.6 Å². The molecule has 6 aromatic rings. The molecule has 66 heavy (non-hydrogen) atoms. The van der Waals surface area contributed by atoms with Crippen molar-refractivity contribution in [2.24, 2.45) is 0 Å². The first-order valence-electron chi connectivity index (χ1n) is 20.5. The molecule has 0 saturated heterocycles. The van der Waals surface area contributed by atoms with Crippen LogP contribution in [0.15, 0.2) is 84.9 Å². The fraction of sp³-hybridized carbons (Fsp3) is 0.318. The molecule has 22 heteroatoms. The summed E-state index contributed by atoms with van der Waals surface area (Å²) < 4.78 is 86.0. The summed E-state index contributed by atoms with van der Waals surface area (Å²) in [6.45, 7) is -1.17. The molecule has 0 radical (unpaired) electrons. The third kappa shape index (κ3) is 14.1. The number of nitrogens with one attached hydrogen (secondary N) is 4. The fourth-order valence-corrected chi connectivity index (χ4v) is 7.19. The second kappa shape index (κ2) is 21.7. The predicted molar refractivity (Wildman–Crippen MR) is 232 cm³/mol. The average Bonchev–Trinajstić information content (AvgIpc) is 3.23. The van der Waals surface area contributed by atoms with Crippen LogP contribution in [0.5, 0.6) is 11.5 Å². The maximum atomic E-state index is 13.0. The number of hydrogen-bond donors (Lipinski definition) is 6. The Morgan fingerprint density at radius 3 is 1.27 bits per heavy atom. The lowest BCUT2D eigenvalue weighted by molar-refractivity contribution is -0.275. The summed E-state index contributed by atoms with van der Waals surface area (Å²) in [4.78, 5) is 60.8. The van der Waals surface area contributed by atoms with Gasteiger partial charge in [0.2, 0.25) is 11.8 Å². The Morgan fingerprint density at radius 1 is 0.515 bits per heavy atom. The highest BCUT2D eigenvalue weighted by Gasteiger charge is 2.32. The maximum absolute atomic E-state index is 13.0. The van der Waals surface area contributed by atoms with E-state index in [0.29, 0.717) is 67.8 Å². The van der Waals surface area contributed by atoms with Gasteiger partial charge in [-0.3, -0.25) is 29.0 Å². The van der Waals surface area contributed by atoms with Crippen LogP contribution in [0.3, 0.4) is 0 Å². The van der Waals surface area contributed by atoms with Crippen LogP contribution >= 0.6 is 0 Å². The highest BCUT2D eigenvalue weighted by atomic mass is 19.4. The van der Waals surface area contributed by atoms with Gasteiger partial charge >= 0.3 is 24.7 Å². The minimum atomic E-state index is -4.89. The van der Waals surface area contributed by atoms with Crippen LogP contribution in [0.2, 0.25) is 0 Å². The number of halogens is 6. The number of carbonyl (C=O) groups is 4. The molecule has 16 nitrogen and oxygen atoms in total. The first kappa shape index (κ1) is 48.3. The quantitative estimate of drug-likeness (QED) is 0.0241. The Balaban J connectivity index is 0.975. The standard InChI is InChI=1S/C44H44F6N8O8/c45-43(46,47)65-27-11-13-35-31(21-27)41(29-7-1-3-9-33(29)55-35)53-17-5-15-51-37(59)23-57(25-39(61)62)19-20-58(26-40(63)64)24-38(60)52-16-6-18-54-42-30-8-2-4-10-34(30)56-36-14-12-28(22-32(36)42)66-44(48,49)50/h1-4,7-14,21-22H,5-6,15-20,23-26H2,(H,51,59)(H,52,60)(H,53,55)(H,54,56)(H,61,62)(H,63,64). The van der Waals surface area contributed by atoms with Crippen LogP contribution in [-0.4, -0.2) is 132 Å². The van der Waals surface area contributed by atoms with Crippen LogP contribution < -0.4 is 30.7 Å². The number of fused-ring (bicyclic) bond motifs is 4. The highest BCUT2D eigenvalue weighted by Crippen LogP contribution is 2.36. The molecule has 350 valence electrons. The number of carbonyl (C=O) groups excluding carboxylic acids is 2. The van der Waals surface area contributed by atoms with E-state index in [1.165, 1.54) is 46.2 Å². The summed E-state index contributed by atoms with van der Waals surface area (Å²) in [6.07, 6.45) is -9.07. The van der Waals surface area contributed by atoms with Crippen LogP contribution in [-0.2, 0) is 19.2 Å². The smallest absolute Gasteiger partial charge is 0.480 e. The topological polar surface area (TPSA) is 208 Å². The molecule has 4 aromatic carbocycles. The van der Waals surface area contributed by atoms with E-state index in [-0.39, 0.29) is 52.4 Å². The fourth-order valence-electron chi connectivity index (χ4n) is 7.19. The van der Waals surface area contributed by atoms with Gasteiger partial charge in [0.1, 0.15) is 11.5 Å². The van der Waals surface area contributed by atoms with Crippen molar-refractivity contribution in [1.82, 2.24) is 30.4 Å². The molecule has 0 aliphatic heterocycles. The number of para-hydroxylation sites is 2. The van der Waals surface area contributed by atoms with Crippen molar-refractivity contribution in [1.29, 1.82) is 0 Å². The largest absolute Gasteiger partial charge is 0.573 e. The second-order valence-corrected chi connectivity index (χ2v) is 14.9. The zero-order valence-electron chi connectivity index (χ0n) is 35.0. The van der Waals surface area contributed by atoms with Crippen molar-refractivity contribution >= 4 is 78.7 Å². The van der Waals surface area contributed by atoms with Gasteiger partial charge in [-0.2, -0.15) is 0 Å². The Kier molecular flexibility index (Phi) is 15.8. The SMILES string of the molecule is O=C(O)CN(CCN(CC(=O)O)CC(=O)NCCCNc1c2ccccc2nc2ccc(OC(F)(F)F)cc12)CC(=O)NCCCNc1c2ccccc2nc2ccc(OC(F)(F)F)cc12. The first-order chi connectivity index (χ1) is 31.4. The summed E-state index contributed by atoms with van der Waals surface area (Å²) >= 11 is 0. The Morgan fingerprint density at radius 2 is 0.894 bits per heavy atom. The summed E-state index contributed by atoms with van der Waals surface area (Å²) in [5, 5.41) is 33.0. The maximum Gasteiger partial charge on any atom is 0.573 e. The number of rotatable bonds is 23. The van der Waals surface area contributed by atoms with E-state index in [1.807, 2.05) is 0 Å². The molecule has 2 heterocycles. The zero-order valence-corrected chi connectivity index (χ0v) is 35.0. The third-order valence-corrected chi connectivity index (χ3v) is 9.91. The van der Waals surface area contributed by atoms with Gasteiger partial charge in [-0.15, -0.1) is 26.3 Å². The van der Waals surface area contributed by atoms with E-state index in [9.17, 15) is 55.7 Å². The van der Waals surface area contributed by atoms with Gasteiger partial charge in [-0.1, -0.05) is 36.4 Å². The van der Waals surface area contributed by atoms with Gasteiger partial charge in [-0.25, -0.2) is 9.97 Å². The van der Waals surface area contributed by atoms with Gasteiger partial charge in [0.15, 0.2) is 0 Å². The summed E-state index contributed by atoms with van der Waals surface area (Å²) in [6, 6.07) is 21.8. The number of anilines is 2. The number of alkyl halides is 6. The molecule has 0 bridgehead atoms. The number of carboxylic acids is 2. The van der Waals surface area contributed by atoms with Gasteiger partial charge in [-0.05, 0) is 61.4 Å². The number of pyridine rings is 2. The van der Waals surface area contributed by atoms with Crippen LogP contribution in [0.1, 0.15) is 12.8 Å². The average molecular weight is 927 g/mol. The minimum Gasteiger partial charge on any atom is -0.480 e. The lowest BCUT2D eigenvalue weighted by Crippen LogP contribution is -2.46.